The summed E-state index contributed by atoms with van der Waals surface area (Å²) in [7, 11) is 0. The first-order chi connectivity index (χ1) is 10.2. The molecule has 5 N–H and O–H groups in total. The Balaban J connectivity index is 1.72. The molecular weight excluding hydrogens is 284 g/mol. The number of nitrogen functional groups attached to an aromatic ring is 1. The van der Waals surface area contributed by atoms with Gasteiger partial charge in [-0.15, -0.1) is 11.3 Å². The molecule has 6 heteroatoms. The molecule has 0 aliphatic carbocycles. The molecule has 2 amide bonds. The Kier molecular flexibility index (Phi) is 4.08. The first-order valence-corrected chi connectivity index (χ1v) is 7.82. The van der Waals surface area contributed by atoms with E-state index in [2.05, 4.69) is 16.0 Å². The van der Waals surface area contributed by atoms with Gasteiger partial charge in [-0.1, -0.05) is 12.1 Å². The molecule has 1 fully saturated rings. The van der Waals surface area contributed by atoms with Gasteiger partial charge in [-0.25, -0.2) is 4.79 Å². The van der Waals surface area contributed by atoms with Crippen LogP contribution in [-0.2, 0) is 0 Å². The number of carbonyl (C=O) groups is 1. The Morgan fingerprint density at radius 2 is 2.29 bits per heavy atom. The summed E-state index contributed by atoms with van der Waals surface area (Å²) in [5, 5.41) is 11.0. The number of hydrogen-bond acceptors (Lipinski definition) is 4. The fourth-order valence-corrected chi connectivity index (χ4v) is 3.11. The maximum atomic E-state index is 12.0. The van der Waals surface area contributed by atoms with Crippen LogP contribution >= 0.6 is 11.3 Å². The molecule has 1 atom stereocenters. The predicted molar refractivity (Wildman–Crippen MR) is 87.6 cm³/mol. The van der Waals surface area contributed by atoms with Gasteiger partial charge in [-0.3, -0.25) is 0 Å². The lowest BCUT2D eigenvalue weighted by Gasteiger charge is -2.14. The smallest absolute Gasteiger partial charge is 0.319 e. The summed E-state index contributed by atoms with van der Waals surface area (Å²) in [5.74, 6) is 0. The van der Waals surface area contributed by atoms with Crippen molar-refractivity contribution in [3.05, 3.63) is 35.7 Å². The summed E-state index contributed by atoms with van der Waals surface area (Å²) >= 11 is 1.66. The van der Waals surface area contributed by atoms with E-state index in [0.29, 0.717) is 11.4 Å². The molecule has 0 spiro atoms. The average molecular weight is 302 g/mol. The highest BCUT2D eigenvalue weighted by molar-refractivity contribution is 7.13. The zero-order valence-electron chi connectivity index (χ0n) is 11.6. The van der Waals surface area contributed by atoms with Crippen LogP contribution in [0.25, 0.3) is 10.4 Å². The fraction of sp³-hybridized carbons (Fsp3) is 0.267. The number of amides is 2. The maximum Gasteiger partial charge on any atom is 0.319 e. The van der Waals surface area contributed by atoms with Crippen LogP contribution in [-0.4, -0.2) is 25.2 Å². The molecule has 1 aromatic heterocycles. The van der Waals surface area contributed by atoms with Crippen molar-refractivity contribution in [2.24, 2.45) is 0 Å². The summed E-state index contributed by atoms with van der Waals surface area (Å²) in [5.41, 5.74) is 8.21. The number of thiophene rings is 1. The second-order valence-corrected chi connectivity index (χ2v) is 6.02. The van der Waals surface area contributed by atoms with Crippen molar-refractivity contribution in [3.63, 3.8) is 0 Å². The van der Waals surface area contributed by atoms with E-state index in [1.54, 1.807) is 11.3 Å². The van der Waals surface area contributed by atoms with Crippen LogP contribution in [0.15, 0.2) is 35.7 Å². The van der Waals surface area contributed by atoms with Crippen LogP contribution in [0.5, 0.6) is 0 Å². The quantitative estimate of drug-likeness (QED) is 0.658. The Morgan fingerprint density at radius 1 is 1.38 bits per heavy atom. The summed E-state index contributed by atoms with van der Waals surface area (Å²) in [6, 6.07) is 9.72. The Labute approximate surface area is 127 Å². The molecule has 0 bridgehead atoms. The summed E-state index contributed by atoms with van der Waals surface area (Å²) < 4.78 is 0. The van der Waals surface area contributed by atoms with Crippen LogP contribution in [0, 0.1) is 0 Å². The lowest BCUT2D eigenvalue weighted by Crippen LogP contribution is -2.39. The van der Waals surface area contributed by atoms with Crippen LogP contribution in [0.2, 0.25) is 0 Å². The van der Waals surface area contributed by atoms with Gasteiger partial charge in [0.25, 0.3) is 0 Å². The van der Waals surface area contributed by atoms with Gasteiger partial charge < -0.3 is 21.7 Å². The summed E-state index contributed by atoms with van der Waals surface area (Å²) in [6.07, 6.45) is 0.956. The number of rotatable bonds is 3. The van der Waals surface area contributed by atoms with Gasteiger partial charge >= 0.3 is 6.03 Å². The normalized spacial score (nSPS) is 17.6. The van der Waals surface area contributed by atoms with Crippen molar-refractivity contribution in [3.8, 4) is 10.4 Å². The van der Waals surface area contributed by atoms with E-state index in [1.807, 2.05) is 35.7 Å². The van der Waals surface area contributed by atoms with Crippen LogP contribution in [0.4, 0.5) is 16.2 Å². The third kappa shape index (κ3) is 3.34. The van der Waals surface area contributed by atoms with Gasteiger partial charge in [-0.05, 0) is 42.1 Å². The second kappa shape index (κ2) is 6.15. The lowest BCUT2D eigenvalue weighted by atomic mass is 10.1. The molecule has 5 nitrogen and oxygen atoms in total. The number of nitrogens with one attached hydrogen (secondary N) is 3. The standard InChI is InChI=1S/C15H18N4OS/c16-12-4-3-10(14-2-1-7-21-14)8-13(12)19-15(20)18-11-5-6-17-9-11/h1-4,7-8,11,17H,5-6,9,16H2,(H2,18,19,20). The van der Waals surface area contributed by atoms with E-state index in [-0.39, 0.29) is 12.1 Å². The lowest BCUT2D eigenvalue weighted by molar-refractivity contribution is 0.249. The highest BCUT2D eigenvalue weighted by Crippen LogP contribution is 2.30. The zero-order chi connectivity index (χ0) is 14.7. The summed E-state index contributed by atoms with van der Waals surface area (Å²) in [4.78, 5) is 13.2. The van der Waals surface area contributed by atoms with Gasteiger partial charge in [0, 0.05) is 17.5 Å². The molecule has 3 rings (SSSR count). The topological polar surface area (TPSA) is 79.2 Å². The maximum absolute atomic E-state index is 12.0. The number of nitrogens with two attached hydrogens (primary N) is 1. The van der Waals surface area contributed by atoms with E-state index in [1.165, 1.54) is 0 Å². The van der Waals surface area contributed by atoms with E-state index >= 15 is 0 Å². The third-order valence-electron chi connectivity index (χ3n) is 3.50. The van der Waals surface area contributed by atoms with Crippen LogP contribution in [0.1, 0.15) is 6.42 Å². The van der Waals surface area contributed by atoms with Crippen molar-refractivity contribution in [2.45, 2.75) is 12.5 Å². The molecule has 0 saturated carbocycles. The first-order valence-electron chi connectivity index (χ1n) is 6.94. The molecule has 1 saturated heterocycles. The second-order valence-electron chi connectivity index (χ2n) is 5.07. The number of urea groups is 1. The molecule has 1 aliphatic heterocycles. The Bertz CT molecular complexity index is 621. The molecule has 1 unspecified atom stereocenters. The third-order valence-corrected chi connectivity index (χ3v) is 4.42. The molecular formula is C15H18N4OS. The van der Waals surface area contributed by atoms with Crippen molar-refractivity contribution in [2.75, 3.05) is 24.1 Å². The van der Waals surface area contributed by atoms with Gasteiger partial charge in [0.2, 0.25) is 0 Å². The number of carbonyl (C=O) groups excluding carboxylic acids is 1. The molecule has 21 heavy (non-hydrogen) atoms. The monoisotopic (exact) mass is 302 g/mol. The van der Waals surface area contributed by atoms with E-state index < -0.39 is 0 Å². The van der Waals surface area contributed by atoms with Crippen molar-refractivity contribution in [1.29, 1.82) is 0 Å². The number of hydrogen-bond donors (Lipinski definition) is 4. The van der Waals surface area contributed by atoms with Crippen LogP contribution in [0.3, 0.4) is 0 Å². The molecule has 1 aromatic carbocycles. The van der Waals surface area contributed by atoms with Gasteiger partial charge in [0.05, 0.1) is 11.4 Å². The SMILES string of the molecule is Nc1ccc(-c2cccs2)cc1NC(=O)NC1CCNC1. The van der Waals surface area contributed by atoms with Crippen molar-refractivity contribution >= 4 is 28.7 Å². The van der Waals surface area contributed by atoms with Gasteiger partial charge in [0.1, 0.15) is 0 Å². The Hall–Kier alpha value is -2.05. The molecule has 2 heterocycles. The minimum absolute atomic E-state index is 0.187. The van der Waals surface area contributed by atoms with Gasteiger partial charge in [-0.2, -0.15) is 0 Å². The van der Waals surface area contributed by atoms with E-state index in [4.69, 9.17) is 5.73 Å². The van der Waals surface area contributed by atoms with E-state index in [0.717, 1.165) is 30.0 Å². The minimum atomic E-state index is -0.210. The largest absolute Gasteiger partial charge is 0.397 e. The zero-order valence-corrected chi connectivity index (χ0v) is 12.4. The number of benzene rings is 1. The van der Waals surface area contributed by atoms with Crippen molar-refractivity contribution < 1.29 is 4.79 Å². The average Bonchev–Trinajstić information content (AvgIpc) is 3.14. The van der Waals surface area contributed by atoms with Gasteiger partial charge in [0.15, 0.2) is 0 Å². The first kappa shape index (κ1) is 13.9. The minimum Gasteiger partial charge on any atom is -0.397 e. The van der Waals surface area contributed by atoms with Crippen LogP contribution < -0.4 is 21.7 Å². The molecule has 2 aromatic rings. The predicted octanol–water partition coefficient (Wildman–Crippen LogP) is 2.48. The number of anilines is 2. The highest BCUT2D eigenvalue weighted by Gasteiger charge is 2.17. The molecule has 1 aliphatic rings. The molecule has 110 valence electrons. The highest BCUT2D eigenvalue weighted by atomic mass is 32.1. The molecule has 0 radical (unpaired) electrons. The fourth-order valence-electron chi connectivity index (χ4n) is 2.38. The van der Waals surface area contributed by atoms with E-state index in [9.17, 15) is 4.79 Å². The van der Waals surface area contributed by atoms with Crippen molar-refractivity contribution in [1.82, 2.24) is 10.6 Å². The Morgan fingerprint density at radius 3 is 3.00 bits per heavy atom. The summed E-state index contributed by atoms with van der Waals surface area (Å²) in [6.45, 7) is 1.76.